The van der Waals surface area contributed by atoms with E-state index in [1.54, 1.807) is 0 Å². The van der Waals surface area contributed by atoms with Crippen LogP contribution in [0.2, 0.25) is 0 Å². The number of benzene rings is 3. The molecule has 0 bridgehead atoms. The van der Waals surface area contributed by atoms with Crippen LogP contribution in [0.4, 0.5) is 0 Å². The molecule has 20 heavy (non-hydrogen) atoms. The van der Waals surface area contributed by atoms with E-state index in [1.807, 2.05) is 0 Å². The summed E-state index contributed by atoms with van der Waals surface area (Å²) >= 11 is 0. The van der Waals surface area contributed by atoms with Gasteiger partial charge in [0.15, 0.2) is 0 Å². The Balaban J connectivity index is 2.02. The molecule has 0 nitrogen and oxygen atoms in total. The Morgan fingerprint density at radius 1 is 0.700 bits per heavy atom. The molecule has 0 heterocycles. The molecule has 96 valence electrons. The third kappa shape index (κ3) is 1.85. The highest BCUT2D eigenvalue weighted by Gasteiger charge is 2.07. The summed E-state index contributed by atoms with van der Waals surface area (Å²) in [5.41, 5.74) is 2.85. The molecule has 0 unspecified atom stereocenters. The fourth-order valence-electron chi connectivity index (χ4n) is 3.13. The van der Waals surface area contributed by atoms with Crippen LogP contribution in [0.15, 0.2) is 66.7 Å². The maximum atomic E-state index is 2.35. The van der Waals surface area contributed by atoms with E-state index in [0.717, 1.165) is 12.8 Å². The molecule has 0 aliphatic heterocycles. The molecule has 0 heteroatoms. The first-order valence-electron chi connectivity index (χ1n) is 7.19. The van der Waals surface area contributed by atoms with E-state index in [4.69, 9.17) is 0 Å². The van der Waals surface area contributed by atoms with Crippen LogP contribution < -0.4 is 10.4 Å². The molecule has 0 fully saturated rings. The van der Waals surface area contributed by atoms with Gasteiger partial charge in [-0.25, -0.2) is 0 Å². The summed E-state index contributed by atoms with van der Waals surface area (Å²) in [7, 11) is 0. The van der Waals surface area contributed by atoms with Crippen LogP contribution in [0, 0.1) is 0 Å². The predicted molar refractivity (Wildman–Crippen MR) is 85.8 cm³/mol. The zero-order valence-corrected chi connectivity index (χ0v) is 11.3. The Bertz CT molecular complexity index is 900. The van der Waals surface area contributed by atoms with Gasteiger partial charge in [-0.15, -0.1) is 0 Å². The molecule has 1 aliphatic carbocycles. The van der Waals surface area contributed by atoms with Gasteiger partial charge in [0, 0.05) is 0 Å². The second-order valence-corrected chi connectivity index (χ2v) is 5.37. The summed E-state index contributed by atoms with van der Waals surface area (Å²) in [5.74, 6) is 0. The van der Waals surface area contributed by atoms with Gasteiger partial charge in [0.2, 0.25) is 0 Å². The van der Waals surface area contributed by atoms with E-state index in [2.05, 4.69) is 72.8 Å². The van der Waals surface area contributed by atoms with Crippen molar-refractivity contribution in [3.63, 3.8) is 0 Å². The van der Waals surface area contributed by atoms with Crippen LogP contribution in [-0.4, -0.2) is 0 Å². The summed E-state index contributed by atoms with van der Waals surface area (Å²) in [6, 6.07) is 24.1. The molecule has 0 radical (unpaired) electrons. The van der Waals surface area contributed by atoms with Crippen molar-refractivity contribution in [1.29, 1.82) is 0 Å². The molecule has 3 aromatic carbocycles. The molecule has 1 aliphatic rings. The van der Waals surface area contributed by atoms with E-state index in [9.17, 15) is 0 Å². The number of fused-ring (bicyclic) bond motifs is 2. The summed E-state index contributed by atoms with van der Waals surface area (Å²) in [6.07, 6.45) is 4.62. The highest BCUT2D eigenvalue weighted by Crippen LogP contribution is 2.23. The minimum absolute atomic E-state index is 1.13. The third-order valence-electron chi connectivity index (χ3n) is 4.14. The molecule has 0 aromatic heterocycles. The lowest BCUT2D eigenvalue weighted by atomic mass is 9.92. The zero-order chi connectivity index (χ0) is 13.4. The van der Waals surface area contributed by atoms with Gasteiger partial charge < -0.3 is 0 Å². The molecular weight excluding hydrogens is 240 g/mol. The van der Waals surface area contributed by atoms with Crippen molar-refractivity contribution in [3.05, 3.63) is 82.7 Å². The van der Waals surface area contributed by atoms with Crippen molar-refractivity contribution in [2.75, 3.05) is 0 Å². The summed E-state index contributed by atoms with van der Waals surface area (Å²) in [5, 5.41) is 5.41. The Hall–Kier alpha value is -2.34. The first kappa shape index (κ1) is 11.5. The van der Waals surface area contributed by atoms with E-state index < -0.39 is 0 Å². The number of hydrogen-bond acceptors (Lipinski definition) is 0. The minimum atomic E-state index is 1.13. The average molecular weight is 256 g/mol. The molecule has 3 aromatic rings. The first-order valence-corrected chi connectivity index (χ1v) is 7.19. The number of hydrogen-bond donors (Lipinski definition) is 0. The number of rotatable bonds is 1. The van der Waals surface area contributed by atoms with Crippen LogP contribution in [0.25, 0.3) is 22.4 Å². The van der Waals surface area contributed by atoms with E-state index >= 15 is 0 Å². The maximum absolute atomic E-state index is 2.35. The summed E-state index contributed by atoms with van der Waals surface area (Å²) in [6.45, 7) is 0. The molecule has 0 atom stereocenters. The van der Waals surface area contributed by atoms with Crippen molar-refractivity contribution in [2.45, 2.75) is 12.8 Å². The lowest BCUT2D eigenvalue weighted by Crippen LogP contribution is -2.29. The average Bonchev–Trinajstić information content (AvgIpc) is 2.54. The fraction of sp³-hybridized carbons (Fsp3) is 0.100. The molecular formula is C20H16. The lowest BCUT2D eigenvalue weighted by molar-refractivity contribution is 1.08. The SMILES string of the molecule is C1=c2ccccc2=C(c2ccc3ccccc3c2)CC1. The minimum Gasteiger partial charge on any atom is -0.0763 e. The summed E-state index contributed by atoms with van der Waals surface area (Å²) < 4.78 is 0. The Kier molecular flexibility index (Phi) is 2.67. The van der Waals surface area contributed by atoms with E-state index in [0.29, 0.717) is 0 Å². The van der Waals surface area contributed by atoms with Crippen LogP contribution >= 0.6 is 0 Å². The second-order valence-electron chi connectivity index (χ2n) is 5.37. The second kappa shape index (κ2) is 4.64. The van der Waals surface area contributed by atoms with Gasteiger partial charge in [-0.05, 0) is 51.3 Å². The smallest absolute Gasteiger partial charge is 0.0149 e. The van der Waals surface area contributed by atoms with Gasteiger partial charge in [-0.2, -0.15) is 0 Å². The van der Waals surface area contributed by atoms with Crippen LogP contribution in [0.1, 0.15) is 18.4 Å². The van der Waals surface area contributed by atoms with Gasteiger partial charge in [0.05, 0.1) is 0 Å². The quantitative estimate of drug-likeness (QED) is 0.624. The molecule has 0 amide bonds. The van der Waals surface area contributed by atoms with Gasteiger partial charge in [0.25, 0.3) is 0 Å². The molecule has 4 rings (SSSR count). The van der Waals surface area contributed by atoms with Crippen LogP contribution in [-0.2, 0) is 0 Å². The Morgan fingerprint density at radius 2 is 1.50 bits per heavy atom. The summed E-state index contributed by atoms with van der Waals surface area (Å²) in [4.78, 5) is 0. The standard InChI is InChI=1S/C20H16/c1-2-8-17-14-18(13-12-15(17)6-1)20-11-5-9-16-7-3-4-10-19(16)20/h1-4,6-10,12-14H,5,11H2. The molecule has 0 saturated heterocycles. The predicted octanol–water partition coefficient (Wildman–Crippen LogP) is 3.61. The van der Waals surface area contributed by atoms with Crippen molar-refractivity contribution in [1.82, 2.24) is 0 Å². The first-order chi connectivity index (χ1) is 9.92. The third-order valence-corrected chi connectivity index (χ3v) is 4.14. The van der Waals surface area contributed by atoms with Gasteiger partial charge in [-0.1, -0.05) is 66.7 Å². The van der Waals surface area contributed by atoms with Gasteiger partial charge in [-0.3, -0.25) is 0 Å². The highest BCUT2D eigenvalue weighted by atomic mass is 14.1. The van der Waals surface area contributed by atoms with E-state index in [1.165, 1.54) is 32.3 Å². The normalized spacial score (nSPS) is 13.9. The Morgan fingerprint density at radius 3 is 2.45 bits per heavy atom. The topological polar surface area (TPSA) is 0 Å². The maximum Gasteiger partial charge on any atom is -0.0149 e. The zero-order valence-electron chi connectivity index (χ0n) is 11.3. The van der Waals surface area contributed by atoms with Crippen LogP contribution in [0.5, 0.6) is 0 Å². The van der Waals surface area contributed by atoms with Crippen molar-refractivity contribution < 1.29 is 0 Å². The monoisotopic (exact) mass is 256 g/mol. The fourth-order valence-corrected chi connectivity index (χ4v) is 3.13. The van der Waals surface area contributed by atoms with Gasteiger partial charge >= 0.3 is 0 Å². The van der Waals surface area contributed by atoms with Crippen LogP contribution in [0.3, 0.4) is 0 Å². The highest BCUT2D eigenvalue weighted by molar-refractivity contribution is 5.86. The van der Waals surface area contributed by atoms with Crippen molar-refractivity contribution in [3.8, 4) is 0 Å². The molecule has 0 N–H and O–H groups in total. The van der Waals surface area contributed by atoms with Gasteiger partial charge in [0.1, 0.15) is 0 Å². The van der Waals surface area contributed by atoms with Crippen molar-refractivity contribution >= 4 is 22.4 Å². The van der Waals surface area contributed by atoms with E-state index in [-0.39, 0.29) is 0 Å². The Labute approximate surface area is 118 Å². The largest absolute Gasteiger partial charge is 0.0763 e. The molecule has 0 spiro atoms. The van der Waals surface area contributed by atoms with Crippen molar-refractivity contribution in [2.24, 2.45) is 0 Å². The lowest BCUT2D eigenvalue weighted by Gasteiger charge is -2.12. The molecule has 0 saturated carbocycles.